The van der Waals surface area contributed by atoms with Crippen LogP contribution in [0.3, 0.4) is 0 Å². The van der Waals surface area contributed by atoms with Crippen LogP contribution in [0.25, 0.3) is 10.2 Å². The van der Waals surface area contributed by atoms with E-state index in [-0.39, 0.29) is 11.9 Å². The van der Waals surface area contributed by atoms with Gasteiger partial charge < -0.3 is 10.2 Å². The van der Waals surface area contributed by atoms with Gasteiger partial charge >= 0.3 is 0 Å². The number of anilines is 1. The van der Waals surface area contributed by atoms with Gasteiger partial charge in [0.15, 0.2) is 6.04 Å². The molecule has 0 spiro atoms. The van der Waals surface area contributed by atoms with Gasteiger partial charge in [-0.1, -0.05) is 18.2 Å². The van der Waals surface area contributed by atoms with Crippen molar-refractivity contribution in [3.63, 3.8) is 0 Å². The van der Waals surface area contributed by atoms with Crippen molar-refractivity contribution in [1.82, 2.24) is 4.98 Å². The summed E-state index contributed by atoms with van der Waals surface area (Å²) in [5.74, 6) is 0.397. The van der Waals surface area contributed by atoms with Gasteiger partial charge in [0.1, 0.15) is 5.01 Å². The molecule has 1 aromatic heterocycles. The fourth-order valence-corrected chi connectivity index (χ4v) is 4.97. The lowest BCUT2D eigenvalue weighted by Crippen LogP contribution is -3.17. The van der Waals surface area contributed by atoms with Gasteiger partial charge in [-0.15, -0.1) is 11.3 Å². The molecule has 2 heterocycles. The molecule has 0 radical (unpaired) electrons. The summed E-state index contributed by atoms with van der Waals surface area (Å²) in [6.45, 7) is 3.90. The number of para-hydroxylation sites is 1. The third-order valence-electron chi connectivity index (χ3n) is 5.48. The first kappa shape index (κ1) is 18.6. The Bertz CT molecular complexity index is 1010. The molecule has 2 aromatic carbocycles. The van der Waals surface area contributed by atoms with Crippen molar-refractivity contribution in [2.24, 2.45) is 0 Å². The lowest BCUT2D eigenvalue weighted by atomic mass is 9.97. The molecular weight excluding hydrogens is 368 g/mol. The number of nitrogens with zero attached hydrogens (tertiary/aromatic N) is 2. The van der Waals surface area contributed by atoms with E-state index in [2.05, 4.69) is 29.6 Å². The topological polar surface area (TPSA) is 70.2 Å². The first-order chi connectivity index (χ1) is 13.6. The molecule has 0 bridgehead atoms. The molecule has 1 amide bonds. The molecule has 3 atom stereocenters. The van der Waals surface area contributed by atoms with Crippen molar-refractivity contribution >= 4 is 33.1 Å². The second-order valence-electron chi connectivity index (χ2n) is 7.37. The van der Waals surface area contributed by atoms with Crippen molar-refractivity contribution in [1.29, 1.82) is 5.26 Å². The molecular formula is C22H23N4OS+. The zero-order chi connectivity index (χ0) is 19.5. The van der Waals surface area contributed by atoms with E-state index < -0.39 is 0 Å². The second kappa shape index (κ2) is 8.09. The molecule has 5 nitrogen and oxygen atoms in total. The minimum Gasteiger partial charge on any atom is -0.324 e. The number of piperidine rings is 1. The number of benzene rings is 2. The number of hydrogen-bond acceptors (Lipinski definition) is 4. The van der Waals surface area contributed by atoms with Crippen LogP contribution in [0.1, 0.15) is 36.3 Å². The van der Waals surface area contributed by atoms with Crippen LogP contribution in [0.5, 0.6) is 0 Å². The van der Waals surface area contributed by atoms with Crippen LogP contribution >= 0.6 is 11.3 Å². The Balaban J connectivity index is 1.44. The van der Waals surface area contributed by atoms with E-state index in [1.165, 1.54) is 14.6 Å². The van der Waals surface area contributed by atoms with Crippen LogP contribution in [-0.2, 0) is 4.79 Å². The van der Waals surface area contributed by atoms with Gasteiger partial charge in [0.2, 0.25) is 0 Å². The summed E-state index contributed by atoms with van der Waals surface area (Å²) >= 11 is 1.78. The zero-order valence-corrected chi connectivity index (χ0v) is 16.6. The number of carbonyl (C=O) groups excluding carboxylic acids is 1. The maximum absolute atomic E-state index is 12.8. The smallest absolute Gasteiger partial charge is 0.282 e. The fourth-order valence-electron chi connectivity index (χ4n) is 3.87. The van der Waals surface area contributed by atoms with Crippen LogP contribution in [0.15, 0.2) is 48.5 Å². The summed E-state index contributed by atoms with van der Waals surface area (Å²) in [5.41, 5.74) is 2.29. The third kappa shape index (κ3) is 3.91. The Kier molecular flexibility index (Phi) is 5.38. The number of likely N-dealkylation sites (tertiary alicyclic amines) is 1. The number of thiazole rings is 1. The minimum atomic E-state index is -0.150. The third-order valence-corrected chi connectivity index (χ3v) is 6.68. The van der Waals surface area contributed by atoms with Crippen LogP contribution in [0.2, 0.25) is 0 Å². The maximum Gasteiger partial charge on any atom is 0.282 e. The molecule has 3 aromatic rings. The van der Waals surface area contributed by atoms with Crippen molar-refractivity contribution in [2.45, 2.75) is 31.7 Å². The van der Waals surface area contributed by atoms with Gasteiger partial charge in [-0.25, -0.2) is 4.98 Å². The van der Waals surface area contributed by atoms with Crippen LogP contribution in [-0.4, -0.2) is 30.0 Å². The number of fused-ring (bicyclic) bond motifs is 1. The molecule has 1 aliphatic rings. The summed E-state index contributed by atoms with van der Waals surface area (Å²) in [5, 5.41) is 13.2. The van der Waals surface area contributed by atoms with Crippen LogP contribution in [0, 0.1) is 11.3 Å². The van der Waals surface area contributed by atoms with Gasteiger partial charge in [-0.05, 0) is 50.1 Å². The molecule has 1 fully saturated rings. The summed E-state index contributed by atoms with van der Waals surface area (Å²) < 4.78 is 1.23. The molecule has 1 aliphatic heterocycles. The molecule has 0 aliphatic carbocycles. The summed E-state index contributed by atoms with van der Waals surface area (Å²) in [4.78, 5) is 18.9. The number of hydrogen-bond donors (Lipinski definition) is 2. The molecule has 2 N–H and O–H groups in total. The molecule has 1 saturated heterocycles. The molecule has 142 valence electrons. The Morgan fingerprint density at radius 2 is 2.18 bits per heavy atom. The molecule has 28 heavy (non-hydrogen) atoms. The summed E-state index contributed by atoms with van der Waals surface area (Å²) in [6, 6.07) is 17.3. The van der Waals surface area contributed by atoms with Crippen LogP contribution in [0.4, 0.5) is 5.69 Å². The summed E-state index contributed by atoms with van der Waals surface area (Å²) in [6.07, 6.45) is 2.22. The van der Waals surface area contributed by atoms with E-state index in [4.69, 9.17) is 10.2 Å². The van der Waals surface area contributed by atoms with E-state index in [1.807, 2.05) is 19.1 Å². The lowest BCUT2D eigenvalue weighted by molar-refractivity contribution is -0.920. The number of amides is 1. The minimum absolute atomic E-state index is 0.00459. The van der Waals surface area contributed by atoms with Crippen molar-refractivity contribution in [3.05, 3.63) is 59.1 Å². The predicted octanol–water partition coefficient (Wildman–Crippen LogP) is 2.96. The largest absolute Gasteiger partial charge is 0.324 e. The zero-order valence-electron chi connectivity index (χ0n) is 15.8. The number of quaternary nitrogens is 1. The Morgan fingerprint density at radius 1 is 1.32 bits per heavy atom. The molecule has 1 unspecified atom stereocenters. The van der Waals surface area contributed by atoms with Gasteiger partial charge in [-0.2, -0.15) is 5.26 Å². The number of rotatable bonds is 4. The molecule has 4 rings (SSSR count). The monoisotopic (exact) mass is 391 g/mol. The first-order valence-corrected chi connectivity index (χ1v) is 10.5. The Morgan fingerprint density at radius 3 is 3.00 bits per heavy atom. The predicted molar refractivity (Wildman–Crippen MR) is 112 cm³/mol. The molecule has 6 heteroatoms. The van der Waals surface area contributed by atoms with Crippen molar-refractivity contribution < 1.29 is 9.69 Å². The highest BCUT2D eigenvalue weighted by Gasteiger charge is 2.33. The van der Waals surface area contributed by atoms with Gasteiger partial charge in [-0.3, -0.25) is 4.79 Å². The quantitative estimate of drug-likeness (QED) is 0.718. The van der Waals surface area contributed by atoms with E-state index in [9.17, 15) is 4.79 Å². The average Bonchev–Trinajstić information content (AvgIpc) is 3.18. The fraction of sp³-hybridized carbons (Fsp3) is 0.318. The first-order valence-electron chi connectivity index (χ1n) is 9.65. The van der Waals surface area contributed by atoms with Crippen molar-refractivity contribution in [3.8, 4) is 6.07 Å². The van der Waals surface area contributed by atoms with E-state index in [1.54, 1.807) is 29.5 Å². The summed E-state index contributed by atoms with van der Waals surface area (Å²) in [7, 11) is 0. The number of carbonyl (C=O) groups is 1. The Labute approximate surface area is 168 Å². The molecule has 0 saturated carbocycles. The van der Waals surface area contributed by atoms with Gasteiger partial charge in [0.25, 0.3) is 5.91 Å². The van der Waals surface area contributed by atoms with E-state index in [0.717, 1.165) is 31.4 Å². The van der Waals surface area contributed by atoms with Crippen LogP contribution < -0.4 is 10.2 Å². The van der Waals surface area contributed by atoms with E-state index in [0.29, 0.717) is 17.2 Å². The number of nitrogens with one attached hydrogen (secondary N) is 2. The van der Waals surface area contributed by atoms with Crippen molar-refractivity contribution in [2.75, 3.05) is 18.4 Å². The number of aromatic nitrogens is 1. The van der Waals surface area contributed by atoms with Gasteiger partial charge in [0, 0.05) is 5.69 Å². The lowest BCUT2D eigenvalue weighted by Gasteiger charge is -2.32. The Hall–Kier alpha value is -2.75. The number of nitriles is 1. The highest BCUT2D eigenvalue weighted by atomic mass is 32.1. The van der Waals surface area contributed by atoms with Gasteiger partial charge in [0.05, 0.1) is 40.9 Å². The highest BCUT2D eigenvalue weighted by Crippen LogP contribution is 2.30. The van der Waals surface area contributed by atoms with E-state index >= 15 is 0 Å². The highest BCUT2D eigenvalue weighted by molar-refractivity contribution is 7.18. The normalized spacial score (nSPS) is 20.4. The standard InChI is InChI=1S/C22H22N4OS/c1-15(21(27)24-18-8-4-6-16(12-18)13-23)26-11-5-7-17(14-26)22-25-19-9-2-3-10-20(19)28-22/h2-4,6,8-10,12,15,17H,5,7,11,14H2,1H3,(H,24,27)/p+1/t15-,17-/m0/s1. The second-order valence-corrected chi connectivity index (χ2v) is 8.44. The average molecular weight is 392 g/mol. The maximum atomic E-state index is 12.8. The SMILES string of the molecule is C[C@@H](C(=O)Nc1cccc(C#N)c1)[NH+]1CCC[C@H](c2nc3ccccc3s2)C1.